The molecular formula is C5H9NO3. The average molecular weight is 131 g/mol. The van der Waals surface area contributed by atoms with E-state index in [1.54, 1.807) is 0 Å². The lowest BCUT2D eigenvalue weighted by molar-refractivity contribution is -0.138. The molecule has 0 bridgehead atoms. The number of aliphatic hydroxyl groups excluding tert-OH is 1. The molecule has 1 aliphatic rings. The molecule has 0 spiro atoms. The van der Waals surface area contributed by atoms with Gasteiger partial charge in [-0.05, 0) is 6.42 Å². The minimum Gasteiger partial charge on any atom is -0.446 e. The molecule has 0 aliphatic carbocycles. The molecule has 4 heteroatoms. The van der Waals surface area contributed by atoms with E-state index in [1.165, 1.54) is 0 Å². The number of ether oxygens (including phenoxy) is 1. The molecule has 1 heterocycles. The molecule has 1 fully saturated rings. The molecule has 2 atom stereocenters. The van der Waals surface area contributed by atoms with Gasteiger partial charge in [-0.3, -0.25) is 10.1 Å². The largest absolute Gasteiger partial charge is 0.446 e. The van der Waals surface area contributed by atoms with Gasteiger partial charge in [-0.1, -0.05) is 0 Å². The first-order valence-corrected chi connectivity index (χ1v) is 2.85. The zero-order chi connectivity index (χ0) is 6.69. The smallest absolute Gasteiger partial charge is 0.294 e. The van der Waals surface area contributed by atoms with Crippen molar-refractivity contribution >= 4 is 6.47 Å². The van der Waals surface area contributed by atoms with Crippen LogP contribution >= 0.6 is 0 Å². The summed E-state index contributed by atoms with van der Waals surface area (Å²) in [4.78, 5) is 9.73. The minimum atomic E-state index is -0.532. The summed E-state index contributed by atoms with van der Waals surface area (Å²) in [6.07, 6.45) is -0.365. The van der Waals surface area contributed by atoms with Crippen molar-refractivity contribution in [1.82, 2.24) is 5.32 Å². The normalized spacial score (nSPS) is 34.3. The van der Waals surface area contributed by atoms with Gasteiger partial charge in [0.25, 0.3) is 6.47 Å². The maximum absolute atomic E-state index is 9.73. The lowest BCUT2D eigenvalue weighted by atomic mass is 10.3. The van der Waals surface area contributed by atoms with Crippen LogP contribution in [0.15, 0.2) is 0 Å². The van der Waals surface area contributed by atoms with Crippen LogP contribution in [0.3, 0.4) is 0 Å². The average Bonchev–Trinajstić information content (AvgIpc) is 2.18. The number of hydrogen-bond donors (Lipinski definition) is 2. The molecular weight excluding hydrogens is 122 g/mol. The maximum atomic E-state index is 9.73. The fraction of sp³-hybridized carbons (Fsp3) is 0.800. The van der Waals surface area contributed by atoms with Gasteiger partial charge >= 0.3 is 0 Å². The number of rotatable bonds is 2. The van der Waals surface area contributed by atoms with Gasteiger partial charge in [-0.25, -0.2) is 0 Å². The van der Waals surface area contributed by atoms with Crippen LogP contribution in [0.25, 0.3) is 0 Å². The van der Waals surface area contributed by atoms with Gasteiger partial charge in [0, 0.05) is 6.54 Å². The van der Waals surface area contributed by atoms with Gasteiger partial charge in [-0.2, -0.15) is 0 Å². The van der Waals surface area contributed by atoms with Crippen molar-refractivity contribution in [2.45, 2.75) is 18.8 Å². The maximum Gasteiger partial charge on any atom is 0.294 e. The summed E-state index contributed by atoms with van der Waals surface area (Å²) in [6.45, 7) is 1.05. The summed E-state index contributed by atoms with van der Waals surface area (Å²) in [5.41, 5.74) is 0. The van der Waals surface area contributed by atoms with E-state index in [2.05, 4.69) is 10.1 Å². The van der Waals surface area contributed by atoms with Crippen molar-refractivity contribution in [1.29, 1.82) is 0 Å². The van der Waals surface area contributed by atoms with Crippen molar-refractivity contribution in [3.63, 3.8) is 0 Å². The van der Waals surface area contributed by atoms with Crippen molar-refractivity contribution in [2.24, 2.45) is 0 Å². The highest BCUT2D eigenvalue weighted by molar-refractivity contribution is 5.37. The molecule has 2 N–H and O–H groups in total. The summed E-state index contributed by atoms with van der Waals surface area (Å²) in [5, 5.41) is 11.8. The number of carbonyl (C=O) groups excluding carboxylic acids is 1. The Kier molecular flexibility index (Phi) is 2.02. The Morgan fingerprint density at radius 3 is 3.00 bits per heavy atom. The van der Waals surface area contributed by atoms with Crippen LogP contribution in [-0.4, -0.2) is 30.5 Å². The number of aliphatic hydroxyl groups is 1. The van der Waals surface area contributed by atoms with E-state index in [0.29, 0.717) is 19.4 Å². The molecule has 0 amide bonds. The SMILES string of the molecule is O=CO[C@@H]1NCC[C@H]1O. The Balaban J connectivity index is 2.30. The van der Waals surface area contributed by atoms with E-state index in [0.717, 1.165) is 0 Å². The Morgan fingerprint density at radius 2 is 2.56 bits per heavy atom. The summed E-state index contributed by atoms with van der Waals surface area (Å²) in [6, 6.07) is 0. The Hall–Kier alpha value is -0.610. The van der Waals surface area contributed by atoms with Gasteiger partial charge in [0.15, 0.2) is 6.23 Å². The number of nitrogens with one attached hydrogen (secondary N) is 1. The monoisotopic (exact) mass is 131 g/mol. The fourth-order valence-electron chi connectivity index (χ4n) is 0.860. The molecule has 0 radical (unpaired) electrons. The highest BCUT2D eigenvalue weighted by Crippen LogP contribution is 2.05. The molecule has 1 aliphatic heterocycles. The van der Waals surface area contributed by atoms with Crippen LogP contribution in [0, 0.1) is 0 Å². The zero-order valence-electron chi connectivity index (χ0n) is 4.91. The van der Waals surface area contributed by atoms with Gasteiger partial charge < -0.3 is 9.84 Å². The highest BCUT2D eigenvalue weighted by atomic mass is 16.5. The van der Waals surface area contributed by atoms with Crippen molar-refractivity contribution < 1.29 is 14.6 Å². The topological polar surface area (TPSA) is 58.6 Å². The predicted octanol–water partition coefficient (Wildman–Crippen LogP) is -1.16. The summed E-state index contributed by atoms with van der Waals surface area (Å²) >= 11 is 0. The van der Waals surface area contributed by atoms with Gasteiger partial charge in [-0.15, -0.1) is 0 Å². The van der Waals surface area contributed by atoms with Crippen LogP contribution in [0.5, 0.6) is 0 Å². The molecule has 0 aromatic carbocycles. The third kappa shape index (κ3) is 1.40. The molecule has 0 aromatic heterocycles. The van der Waals surface area contributed by atoms with E-state index >= 15 is 0 Å². The first kappa shape index (κ1) is 6.51. The number of hydrogen-bond acceptors (Lipinski definition) is 4. The second-order valence-electron chi connectivity index (χ2n) is 1.96. The van der Waals surface area contributed by atoms with Crippen LogP contribution in [0.4, 0.5) is 0 Å². The molecule has 52 valence electrons. The van der Waals surface area contributed by atoms with Gasteiger partial charge in [0.1, 0.15) is 6.10 Å². The standard InChI is InChI=1S/C5H9NO3/c7-3-9-5-4(8)1-2-6-5/h3-6,8H,1-2H2/t4-,5+/m1/s1. The van der Waals surface area contributed by atoms with E-state index in [4.69, 9.17) is 5.11 Å². The lowest BCUT2D eigenvalue weighted by Crippen LogP contribution is -2.32. The predicted molar refractivity (Wildman–Crippen MR) is 29.6 cm³/mol. The second kappa shape index (κ2) is 2.80. The van der Waals surface area contributed by atoms with E-state index < -0.39 is 12.3 Å². The van der Waals surface area contributed by atoms with Crippen molar-refractivity contribution in [3.8, 4) is 0 Å². The summed E-state index contributed by atoms with van der Waals surface area (Å²) in [7, 11) is 0. The van der Waals surface area contributed by atoms with E-state index in [9.17, 15) is 4.79 Å². The molecule has 0 saturated carbocycles. The summed E-state index contributed by atoms with van der Waals surface area (Å²) < 4.78 is 4.47. The van der Waals surface area contributed by atoms with E-state index in [-0.39, 0.29) is 0 Å². The molecule has 1 rings (SSSR count). The first-order chi connectivity index (χ1) is 4.34. The van der Waals surface area contributed by atoms with Crippen LogP contribution in [-0.2, 0) is 9.53 Å². The number of carbonyl (C=O) groups is 1. The Labute approximate surface area is 52.8 Å². The minimum absolute atomic E-state index is 0.339. The first-order valence-electron chi connectivity index (χ1n) is 2.85. The molecule has 1 saturated heterocycles. The third-order valence-electron chi connectivity index (χ3n) is 1.34. The van der Waals surface area contributed by atoms with Crippen LogP contribution in [0.2, 0.25) is 0 Å². The molecule has 0 unspecified atom stereocenters. The van der Waals surface area contributed by atoms with E-state index in [1.807, 2.05) is 0 Å². The van der Waals surface area contributed by atoms with Crippen molar-refractivity contribution in [2.75, 3.05) is 6.54 Å². The second-order valence-corrected chi connectivity index (χ2v) is 1.96. The van der Waals surface area contributed by atoms with Gasteiger partial charge in [0.05, 0.1) is 0 Å². The van der Waals surface area contributed by atoms with Crippen molar-refractivity contribution in [3.05, 3.63) is 0 Å². The van der Waals surface area contributed by atoms with Crippen LogP contribution < -0.4 is 5.32 Å². The third-order valence-corrected chi connectivity index (χ3v) is 1.34. The fourth-order valence-corrected chi connectivity index (χ4v) is 0.860. The van der Waals surface area contributed by atoms with Gasteiger partial charge in [0.2, 0.25) is 0 Å². The zero-order valence-corrected chi connectivity index (χ0v) is 4.91. The highest BCUT2D eigenvalue weighted by Gasteiger charge is 2.25. The summed E-state index contributed by atoms with van der Waals surface area (Å²) in [5.74, 6) is 0. The molecule has 4 nitrogen and oxygen atoms in total. The Bertz CT molecular complexity index is 106. The quantitative estimate of drug-likeness (QED) is 0.464. The molecule has 0 aromatic rings. The lowest BCUT2D eigenvalue weighted by Gasteiger charge is -2.10. The van der Waals surface area contributed by atoms with Crippen LogP contribution in [0.1, 0.15) is 6.42 Å². The molecule has 9 heavy (non-hydrogen) atoms. The Morgan fingerprint density at radius 1 is 1.78 bits per heavy atom.